The second-order valence-electron chi connectivity index (χ2n) is 4.30. The van der Waals surface area contributed by atoms with E-state index in [1.807, 2.05) is 0 Å². The van der Waals surface area contributed by atoms with Crippen molar-refractivity contribution >= 4 is 17.6 Å². The molecule has 116 valence electrons. The third-order valence-electron chi connectivity index (χ3n) is 2.83. The van der Waals surface area contributed by atoms with Crippen LogP contribution in [0, 0.1) is 0 Å². The normalized spacial score (nSPS) is 10.1. The van der Waals surface area contributed by atoms with Crippen LogP contribution in [-0.2, 0) is 4.74 Å². The number of carbonyl (C=O) groups is 1. The van der Waals surface area contributed by atoms with E-state index in [-0.39, 0.29) is 24.5 Å². The molecule has 0 radical (unpaired) electrons. The van der Waals surface area contributed by atoms with Crippen LogP contribution in [0.15, 0.2) is 42.5 Å². The van der Waals surface area contributed by atoms with Gasteiger partial charge in [0.25, 0.3) is 0 Å². The highest BCUT2D eigenvalue weighted by Gasteiger charge is 2.14. The number of benzene rings is 2. The van der Waals surface area contributed by atoms with Crippen LogP contribution >= 0.6 is 11.6 Å². The Hall–Kier alpha value is -2.40. The minimum atomic E-state index is -0.654. The molecule has 0 unspecified atom stereocenters. The molecule has 2 aromatic rings. The van der Waals surface area contributed by atoms with Crippen molar-refractivity contribution in [2.24, 2.45) is 0 Å². The van der Waals surface area contributed by atoms with E-state index in [9.17, 15) is 9.90 Å². The molecule has 6 heteroatoms. The monoisotopic (exact) mass is 322 g/mol. The summed E-state index contributed by atoms with van der Waals surface area (Å²) >= 11 is 5.94. The number of ether oxygens (including phenoxy) is 3. The molecule has 0 atom stereocenters. The molecule has 0 heterocycles. The number of methoxy groups -OCH3 is 1. The van der Waals surface area contributed by atoms with E-state index >= 15 is 0 Å². The van der Waals surface area contributed by atoms with Crippen LogP contribution in [0.2, 0.25) is 5.02 Å². The van der Waals surface area contributed by atoms with Gasteiger partial charge in [-0.2, -0.15) is 0 Å². The Kier molecular flexibility index (Phi) is 5.49. The maximum absolute atomic E-state index is 11.9. The first-order valence-corrected chi connectivity index (χ1v) is 6.91. The van der Waals surface area contributed by atoms with Gasteiger partial charge >= 0.3 is 5.97 Å². The van der Waals surface area contributed by atoms with Crippen LogP contribution in [0.5, 0.6) is 17.2 Å². The average Bonchev–Trinajstić information content (AvgIpc) is 2.53. The van der Waals surface area contributed by atoms with Crippen molar-refractivity contribution in [2.75, 3.05) is 20.3 Å². The SMILES string of the molecule is COc1ccc(O)c(C(=O)OCCOc2ccccc2Cl)c1. The fourth-order valence-corrected chi connectivity index (χ4v) is 1.92. The molecule has 0 spiro atoms. The number of hydrogen-bond donors (Lipinski definition) is 1. The maximum Gasteiger partial charge on any atom is 0.342 e. The van der Waals surface area contributed by atoms with E-state index in [2.05, 4.69) is 0 Å². The van der Waals surface area contributed by atoms with Crippen molar-refractivity contribution in [1.82, 2.24) is 0 Å². The highest BCUT2D eigenvalue weighted by Crippen LogP contribution is 2.24. The molecule has 0 fully saturated rings. The minimum Gasteiger partial charge on any atom is -0.507 e. The molecule has 2 rings (SSSR count). The molecule has 0 saturated carbocycles. The molecule has 22 heavy (non-hydrogen) atoms. The number of aromatic hydroxyl groups is 1. The number of rotatable bonds is 6. The molecule has 1 N–H and O–H groups in total. The van der Waals surface area contributed by atoms with E-state index in [4.69, 9.17) is 25.8 Å². The molecule has 0 amide bonds. The van der Waals surface area contributed by atoms with E-state index in [0.29, 0.717) is 16.5 Å². The summed E-state index contributed by atoms with van der Waals surface area (Å²) in [5.41, 5.74) is 0.0390. The van der Waals surface area contributed by atoms with Gasteiger partial charge in [-0.05, 0) is 30.3 Å². The van der Waals surface area contributed by atoms with E-state index in [1.165, 1.54) is 19.2 Å². The first-order chi connectivity index (χ1) is 10.6. The Balaban J connectivity index is 1.87. The Bertz CT molecular complexity index is 657. The van der Waals surface area contributed by atoms with Crippen molar-refractivity contribution < 1.29 is 24.1 Å². The summed E-state index contributed by atoms with van der Waals surface area (Å²) in [5, 5.41) is 10.2. The van der Waals surface area contributed by atoms with Gasteiger partial charge in [0.15, 0.2) is 0 Å². The lowest BCUT2D eigenvalue weighted by Crippen LogP contribution is -2.12. The van der Waals surface area contributed by atoms with Crippen molar-refractivity contribution in [3.63, 3.8) is 0 Å². The van der Waals surface area contributed by atoms with Gasteiger partial charge in [0, 0.05) is 0 Å². The maximum atomic E-state index is 11.9. The molecular formula is C16H15ClO5. The lowest BCUT2D eigenvalue weighted by Gasteiger charge is -2.10. The molecule has 0 bridgehead atoms. The Morgan fingerprint density at radius 2 is 1.95 bits per heavy atom. The Morgan fingerprint density at radius 3 is 2.68 bits per heavy atom. The quantitative estimate of drug-likeness (QED) is 0.653. The average molecular weight is 323 g/mol. The van der Waals surface area contributed by atoms with Crippen molar-refractivity contribution in [3.8, 4) is 17.2 Å². The summed E-state index contributed by atoms with van der Waals surface area (Å²) in [6.07, 6.45) is 0. The van der Waals surface area contributed by atoms with Crippen LogP contribution in [0.4, 0.5) is 0 Å². The van der Waals surface area contributed by atoms with Crippen LogP contribution < -0.4 is 9.47 Å². The second-order valence-corrected chi connectivity index (χ2v) is 4.71. The third kappa shape index (κ3) is 4.05. The second kappa shape index (κ2) is 7.56. The highest BCUT2D eigenvalue weighted by atomic mass is 35.5. The fraction of sp³-hybridized carbons (Fsp3) is 0.188. The number of phenolic OH excluding ortho intramolecular Hbond substituents is 1. The number of esters is 1. The number of phenols is 1. The van der Waals surface area contributed by atoms with Crippen LogP contribution in [0.1, 0.15) is 10.4 Å². The van der Waals surface area contributed by atoms with Crippen molar-refractivity contribution in [2.45, 2.75) is 0 Å². The van der Waals surface area contributed by atoms with Gasteiger partial charge in [-0.3, -0.25) is 0 Å². The third-order valence-corrected chi connectivity index (χ3v) is 3.15. The zero-order chi connectivity index (χ0) is 15.9. The van der Waals surface area contributed by atoms with Gasteiger partial charge < -0.3 is 19.3 Å². The molecule has 0 aliphatic carbocycles. The molecule has 5 nitrogen and oxygen atoms in total. The van der Waals surface area contributed by atoms with Crippen LogP contribution in [0.3, 0.4) is 0 Å². The number of para-hydroxylation sites is 1. The lowest BCUT2D eigenvalue weighted by molar-refractivity contribution is 0.0447. The summed E-state index contributed by atoms with van der Waals surface area (Å²) in [6.45, 7) is 0.181. The zero-order valence-electron chi connectivity index (χ0n) is 11.9. The standard InChI is InChI=1S/C16H15ClO5/c1-20-11-6-7-14(18)12(10-11)16(19)22-9-8-21-15-5-3-2-4-13(15)17/h2-7,10,18H,8-9H2,1H3. The smallest absolute Gasteiger partial charge is 0.342 e. The van der Waals surface area contributed by atoms with Gasteiger partial charge in [0.2, 0.25) is 0 Å². The predicted octanol–water partition coefficient (Wildman–Crippen LogP) is 3.29. The van der Waals surface area contributed by atoms with E-state index in [0.717, 1.165) is 0 Å². The molecule has 0 aliphatic heterocycles. The predicted molar refractivity (Wildman–Crippen MR) is 81.9 cm³/mol. The van der Waals surface area contributed by atoms with E-state index < -0.39 is 5.97 Å². The molecule has 2 aromatic carbocycles. The number of carbonyl (C=O) groups excluding carboxylic acids is 1. The van der Waals surface area contributed by atoms with Gasteiger partial charge in [0.1, 0.15) is 36.0 Å². The first kappa shape index (κ1) is 16.0. The topological polar surface area (TPSA) is 65.0 Å². The van der Waals surface area contributed by atoms with E-state index in [1.54, 1.807) is 30.3 Å². The highest BCUT2D eigenvalue weighted by molar-refractivity contribution is 6.32. The lowest BCUT2D eigenvalue weighted by atomic mass is 10.2. The fourth-order valence-electron chi connectivity index (χ4n) is 1.73. The summed E-state index contributed by atoms with van der Waals surface area (Å²) in [7, 11) is 1.47. The molecule has 0 aliphatic rings. The van der Waals surface area contributed by atoms with Gasteiger partial charge in [0.05, 0.1) is 12.1 Å². The van der Waals surface area contributed by atoms with Crippen molar-refractivity contribution in [3.05, 3.63) is 53.1 Å². The first-order valence-electron chi connectivity index (χ1n) is 6.53. The van der Waals surface area contributed by atoms with Crippen molar-refractivity contribution in [1.29, 1.82) is 0 Å². The Morgan fingerprint density at radius 1 is 1.18 bits per heavy atom. The van der Waals surface area contributed by atoms with Gasteiger partial charge in [-0.15, -0.1) is 0 Å². The van der Waals surface area contributed by atoms with Gasteiger partial charge in [-0.1, -0.05) is 23.7 Å². The Labute approximate surface area is 133 Å². The zero-order valence-corrected chi connectivity index (χ0v) is 12.7. The van der Waals surface area contributed by atoms with Crippen LogP contribution in [0.25, 0.3) is 0 Å². The molecule has 0 saturated heterocycles. The van der Waals surface area contributed by atoms with Gasteiger partial charge in [-0.25, -0.2) is 4.79 Å². The minimum absolute atomic E-state index is 0.0285. The number of hydrogen-bond acceptors (Lipinski definition) is 5. The number of halogens is 1. The molecular weight excluding hydrogens is 308 g/mol. The largest absolute Gasteiger partial charge is 0.507 e. The molecule has 0 aromatic heterocycles. The summed E-state index contributed by atoms with van der Waals surface area (Å²) in [5.74, 6) is 0.151. The summed E-state index contributed by atoms with van der Waals surface area (Å²) < 4.78 is 15.4. The summed E-state index contributed by atoms with van der Waals surface area (Å²) in [4.78, 5) is 11.9. The van der Waals surface area contributed by atoms with Crippen LogP contribution in [-0.4, -0.2) is 31.4 Å². The summed E-state index contributed by atoms with van der Waals surface area (Å²) in [6, 6.07) is 11.3.